The fourth-order valence-corrected chi connectivity index (χ4v) is 3.25. The first-order chi connectivity index (χ1) is 9.68. The molecule has 2 rings (SSSR count). The molecule has 0 heterocycles. The molecule has 1 atom stereocenters. The third kappa shape index (κ3) is 4.17. The maximum absolute atomic E-state index is 12.4. The first-order valence-electron chi connectivity index (χ1n) is 7.98. The second kappa shape index (κ2) is 7.58. The van der Waals surface area contributed by atoms with Gasteiger partial charge in [0.2, 0.25) is 0 Å². The highest BCUT2D eigenvalue weighted by molar-refractivity contribution is 5.97. The second-order valence-electron chi connectivity index (χ2n) is 6.22. The number of carbonyl (C=O) groups is 1. The third-order valence-corrected chi connectivity index (χ3v) is 4.52. The van der Waals surface area contributed by atoms with Gasteiger partial charge in [0.1, 0.15) is 0 Å². The van der Waals surface area contributed by atoms with Crippen LogP contribution < -0.4 is 0 Å². The van der Waals surface area contributed by atoms with Crippen LogP contribution in [0.2, 0.25) is 0 Å². The Hall–Kier alpha value is -1.15. The highest BCUT2D eigenvalue weighted by Gasteiger charge is 2.22. The fourth-order valence-electron chi connectivity index (χ4n) is 3.25. The molecule has 20 heavy (non-hydrogen) atoms. The molecule has 1 aliphatic carbocycles. The molecule has 0 amide bonds. The lowest BCUT2D eigenvalue weighted by Gasteiger charge is -2.29. The quantitative estimate of drug-likeness (QED) is 0.593. The summed E-state index contributed by atoms with van der Waals surface area (Å²) in [6, 6.07) is 10.3. The van der Waals surface area contributed by atoms with Crippen LogP contribution in [-0.4, -0.2) is 30.3 Å². The van der Waals surface area contributed by atoms with E-state index < -0.39 is 0 Å². The van der Waals surface area contributed by atoms with Gasteiger partial charge in [0.25, 0.3) is 0 Å². The summed E-state index contributed by atoms with van der Waals surface area (Å²) in [6.07, 6.45) is 8.03. The minimum Gasteiger partial charge on any atom is -0.303 e. The average molecular weight is 273 g/mol. The van der Waals surface area contributed by atoms with Crippen molar-refractivity contribution in [3.05, 3.63) is 35.9 Å². The van der Waals surface area contributed by atoms with Gasteiger partial charge in [-0.3, -0.25) is 4.79 Å². The minimum atomic E-state index is 0.0747. The largest absolute Gasteiger partial charge is 0.303 e. The molecular formula is C18H27NO. The molecule has 1 aromatic rings. The van der Waals surface area contributed by atoms with E-state index >= 15 is 0 Å². The molecule has 2 heteroatoms. The van der Waals surface area contributed by atoms with Crippen molar-refractivity contribution < 1.29 is 4.79 Å². The van der Waals surface area contributed by atoms with Gasteiger partial charge in [-0.15, -0.1) is 0 Å². The van der Waals surface area contributed by atoms with E-state index in [0.717, 1.165) is 12.1 Å². The van der Waals surface area contributed by atoms with Crippen molar-refractivity contribution >= 4 is 5.78 Å². The molecule has 0 N–H and O–H groups in total. The van der Waals surface area contributed by atoms with Gasteiger partial charge >= 0.3 is 0 Å². The molecule has 0 aromatic heterocycles. The molecule has 1 aromatic carbocycles. The standard InChI is InChI=1S/C18H27NO/c1-15(18(20)16-10-6-5-7-11-16)14-19(2)17-12-8-3-4-9-13-17/h5-7,10-11,15,17H,3-4,8-9,12-14H2,1-2H3. The number of hydrogen-bond donors (Lipinski definition) is 0. The van der Waals surface area contributed by atoms with Crippen LogP contribution in [0.3, 0.4) is 0 Å². The zero-order valence-electron chi connectivity index (χ0n) is 12.8. The van der Waals surface area contributed by atoms with E-state index in [9.17, 15) is 4.79 Å². The van der Waals surface area contributed by atoms with E-state index in [2.05, 4.69) is 18.9 Å². The molecule has 1 saturated carbocycles. The van der Waals surface area contributed by atoms with Gasteiger partial charge in [0, 0.05) is 24.1 Å². The molecule has 0 bridgehead atoms. The monoisotopic (exact) mass is 273 g/mol. The lowest BCUT2D eigenvalue weighted by molar-refractivity contribution is 0.0881. The van der Waals surface area contributed by atoms with E-state index in [4.69, 9.17) is 0 Å². The smallest absolute Gasteiger partial charge is 0.166 e. The Morgan fingerprint density at radius 2 is 1.75 bits per heavy atom. The summed E-state index contributed by atoms with van der Waals surface area (Å²) in [4.78, 5) is 14.8. The van der Waals surface area contributed by atoms with Crippen LogP contribution in [0.5, 0.6) is 0 Å². The number of hydrogen-bond acceptors (Lipinski definition) is 2. The summed E-state index contributed by atoms with van der Waals surface area (Å²) in [7, 11) is 2.19. The SMILES string of the molecule is CC(CN(C)C1CCCCCC1)C(=O)c1ccccc1. The Morgan fingerprint density at radius 1 is 1.15 bits per heavy atom. The predicted molar refractivity (Wildman–Crippen MR) is 84.1 cm³/mol. The lowest BCUT2D eigenvalue weighted by atomic mass is 9.97. The van der Waals surface area contributed by atoms with Crippen LogP contribution in [0.25, 0.3) is 0 Å². The van der Waals surface area contributed by atoms with Gasteiger partial charge < -0.3 is 4.90 Å². The number of benzene rings is 1. The maximum Gasteiger partial charge on any atom is 0.166 e. The van der Waals surface area contributed by atoms with E-state index in [1.807, 2.05) is 30.3 Å². The number of carbonyl (C=O) groups excluding carboxylic acids is 1. The van der Waals surface area contributed by atoms with Crippen LogP contribution in [-0.2, 0) is 0 Å². The molecule has 0 saturated heterocycles. The molecule has 1 aliphatic rings. The second-order valence-corrected chi connectivity index (χ2v) is 6.22. The third-order valence-electron chi connectivity index (χ3n) is 4.52. The highest BCUT2D eigenvalue weighted by atomic mass is 16.1. The number of nitrogens with zero attached hydrogens (tertiary/aromatic N) is 1. The number of rotatable bonds is 5. The molecule has 0 spiro atoms. The van der Waals surface area contributed by atoms with Crippen molar-refractivity contribution in [1.82, 2.24) is 4.90 Å². The molecular weight excluding hydrogens is 246 g/mol. The van der Waals surface area contributed by atoms with Crippen molar-refractivity contribution in [3.63, 3.8) is 0 Å². The first-order valence-corrected chi connectivity index (χ1v) is 7.98. The molecule has 0 aliphatic heterocycles. The van der Waals surface area contributed by atoms with Crippen molar-refractivity contribution in [2.75, 3.05) is 13.6 Å². The first kappa shape index (κ1) is 15.2. The molecule has 0 radical (unpaired) electrons. The normalized spacial score (nSPS) is 18.8. The van der Waals surface area contributed by atoms with Gasteiger partial charge in [0.15, 0.2) is 5.78 Å². The van der Waals surface area contributed by atoms with Crippen LogP contribution in [0.15, 0.2) is 30.3 Å². The maximum atomic E-state index is 12.4. The Bertz CT molecular complexity index is 407. The van der Waals surface area contributed by atoms with Gasteiger partial charge in [0.05, 0.1) is 0 Å². The van der Waals surface area contributed by atoms with Gasteiger partial charge in [-0.1, -0.05) is 62.9 Å². The van der Waals surface area contributed by atoms with E-state index in [1.165, 1.54) is 38.5 Å². The molecule has 1 fully saturated rings. The van der Waals surface area contributed by atoms with Crippen LogP contribution in [0.4, 0.5) is 0 Å². The Balaban J connectivity index is 1.89. The predicted octanol–water partition coefficient (Wildman–Crippen LogP) is 4.16. The highest BCUT2D eigenvalue weighted by Crippen LogP contribution is 2.22. The summed E-state index contributed by atoms with van der Waals surface area (Å²) in [6.45, 7) is 2.93. The average Bonchev–Trinajstić information content (AvgIpc) is 2.76. The van der Waals surface area contributed by atoms with Crippen LogP contribution in [0, 0.1) is 5.92 Å². The van der Waals surface area contributed by atoms with Crippen LogP contribution in [0.1, 0.15) is 55.8 Å². The van der Waals surface area contributed by atoms with E-state index in [-0.39, 0.29) is 11.7 Å². The molecule has 2 nitrogen and oxygen atoms in total. The van der Waals surface area contributed by atoms with Gasteiger partial charge in [-0.2, -0.15) is 0 Å². The summed E-state index contributed by atoms with van der Waals surface area (Å²) >= 11 is 0. The topological polar surface area (TPSA) is 20.3 Å². The van der Waals surface area contributed by atoms with Crippen molar-refractivity contribution in [2.45, 2.75) is 51.5 Å². The van der Waals surface area contributed by atoms with E-state index in [0.29, 0.717) is 6.04 Å². The molecule has 110 valence electrons. The Kier molecular flexibility index (Phi) is 5.78. The zero-order chi connectivity index (χ0) is 14.4. The minimum absolute atomic E-state index is 0.0747. The summed E-state index contributed by atoms with van der Waals surface area (Å²) in [5.41, 5.74) is 0.842. The van der Waals surface area contributed by atoms with E-state index in [1.54, 1.807) is 0 Å². The fraction of sp³-hybridized carbons (Fsp3) is 0.611. The summed E-state index contributed by atoms with van der Waals surface area (Å²) in [5, 5.41) is 0. The Morgan fingerprint density at radius 3 is 2.35 bits per heavy atom. The van der Waals surface area contributed by atoms with Crippen molar-refractivity contribution in [3.8, 4) is 0 Å². The Labute approximate surface area is 123 Å². The summed E-state index contributed by atoms with van der Waals surface area (Å²) in [5.74, 6) is 0.344. The number of Topliss-reactive ketones (excluding diaryl/α,β-unsaturated/α-hetero) is 1. The zero-order valence-corrected chi connectivity index (χ0v) is 12.8. The van der Waals surface area contributed by atoms with Crippen LogP contribution >= 0.6 is 0 Å². The van der Waals surface area contributed by atoms with Gasteiger partial charge in [-0.25, -0.2) is 0 Å². The van der Waals surface area contributed by atoms with Crippen molar-refractivity contribution in [1.29, 1.82) is 0 Å². The number of ketones is 1. The lowest BCUT2D eigenvalue weighted by Crippen LogP contribution is -2.36. The molecule has 1 unspecified atom stereocenters. The van der Waals surface area contributed by atoms with Gasteiger partial charge in [-0.05, 0) is 19.9 Å². The van der Waals surface area contributed by atoms with Crippen molar-refractivity contribution in [2.24, 2.45) is 5.92 Å². The summed E-state index contributed by atoms with van der Waals surface area (Å²) < 4.78 is 0.